The van der Waals surface area contributed by atoms with Crippen molar-refractivity contribution in [2.75, 3.05) is 37.9 Å². The second-order valence-electron chi connectivity index (χ2n) is 18.9. The van der Waals surface area contributed by atoms with Crippen LogP contribution in [0.3, 0.4) is 0 Å². The molecule has 10 rings (SSSR count). The zero-order valence-electron chi connectivity index (χ0n) is 44.6. The Kier molecular flexibility index (Phi) is 20.1. The van der Waals surface area contributed by atoms with E-state index in [1.165, 1.54) is 55.2 Å². The molecule has 2 amide bonds. The number of benzene rings is 8. The third-order valence-electron chi connectivity index (χ3n) is 13.6. The zero-order valence-corrected chi connectivity index (χ0v) is 46.2. The van der Waals surface area contributed by atoms with Gasteiger partial charge in [0.25, 0.3) is 11.8 Å². The number of nitrogens with zero attached hydrogens (tertiary/aromatic N) is 2. The van der Waals surface area contributed by atoms with E-state index in [9.17, 15) is 35.9 Å². The summed E-state index contributed by atoms with van der Waals surface area (Å²) < 4.78 is 89.0. The third kappa shape index (κ3) is 15.6. The number of ether oxygens (including phenoxy) is 2. The van der Waals surface area contributed by atoms with Crippen molar-refractivity contribution in [1.82, 2.24) is 15.5 Å². The molecular weight excluding hydrogens is 1090 g/mol. The normalized spacial score (nSPS) is 12.5. The standard InChI is InChI=1S/C32H28F3N3O2S.C24H21F3N2O2.C8H7NS/c1-40-28-9-5-8-27(29(28)22-10-13-25(14-11-22)32(33,34)35)30(39)37-26-15-12-24-20-38(17-16-23(24)18-26)31(41)36-19-21-6-3-2-4-7-21;1-31-21-4-2-3-20(22(21)15-5-8-18(9-6-15)24(25,26)27)23(30)29-19-10-7-17-14-28-12-11-16(17)13-19;10-7-9-6-8-4-2-1-3-5-8/h2-15,18H,16-17,19-20H2,1H3,(H,36,41)(H,37,39);2-10,13,28H,11-12,14H2,1H3,(H,29,30);1-5H,6H2. The molecule has 10 nitrogen and oxygen atoms in total. The Hall–Kier alpha value is -8.67. The highest BCUT2D eigenvalue weighted by Crippen LogP contribution is 2.39. The number of aliphatic imine (C=N–C) groups is 1. The van der Waals surface area contributed by atoms with Gasteiger partial charge in [-0.05, 0) is 161 Å². The summed E-state index contributed by atoms with van der Waals surface area (Å²) >= 11 is 10.1. The fourth-order valence-electron chi connectivity index (χ4n) is 9.38. The maximum Gasteiger partial charge on any atom is 0.416 e. The molecule has 8 aromatic carbocycles. The Bertz CT molecular complexity index is 3560. The van der Waals surface area contributed by atoms with Gasteiger partial charge in [-0.2, -0.15) is 26.3 Å². The molecule has 2 aliphatic rings. The van der Waals surface area contributed by atoms with Crippen molar-refractivity contribution in [2.24, 2.45) is 4.99 Å². The topological polar surface area (TPSA) is 116 Å². The molecule has 0 spiro atoms. The number of fused-ring (bicyclic) bond motifs is 2. The Labute approximate surface area is 482 Å². The average molecular weight is 1150 g/mol. The van der Waals surface area contributed by atoms with E-state index in [-0.39, 0.29) is 11.8 Å². The molecule has 4 N–H and O–H groups in total. The van der Waals surface area contributed by atoms with Gasteiger partial charge in [-0.1, -0.05) is 109 Å². The van der Waals surface area contributed by atoms with E-state index in [0.29, 0.717) is 81.0 Å². The number of amides is 2. The number of hydrogen-bond acceptors (Lipinski definition) is 8. The van der Waals surface area contributed by atoms with E-state index in [0.717, 1.165) is 73.4 Å². The number of isothiocyanates is 1. The van der Waals surface area contributed by atoms with E-state index in [2.05, 4.69) is 60.7 Å². The molecule has 0 aliphatic carbocycles. The molecule has 0 saturated carbocycles. The largest absolute Gasteiger partial charge is 0.496 e. The van der Waals surface area contributed by atoms with Crippen molar-refractivity contribution in [3.63, 3.8) is 0 Å². The lowest BCUT2D eigenvalue weighted by Gasteiger charge is -2.31. The molecule has 0 saturated heterocycles. The summed E-state index contributed by atoms with van der Waals surface area (Å²) in [4.78, 5) is 32.5. The molecule has 0 fully saturated rings. The number of thiocarbonyl (C=S) groups is 2. The molecule has 0 unspecified atom stereocenters. The number of halogens is 6. The number of alkyl halides is 6. The van der Waals surface area contributed by atoms with Crippen molar-refractivity contribution in [1.29, 1.82) is 0 Å². The molecule has 8 aromatic rings. The van der Waals surface area contributed by atoms with Gasteiger partial charge in [0.15, 0.2) is 5.11 Å². The zero-order chi connectivity index (χ0) is 58.2. The molecule has 2 aliphatic heterocycles. The maximum atomic E-state index is 13.4. The summed E-state index contributed by atoms with van der Waals surface area (Å²) in [6.07, 6.45) is -7.23. The minimum Gasteiger partial charge on any atom is -0.496 e. The van der Waals surface area contributed by atoms with Crippen LogP contribution in [0.25, 0.3) is 22.3 Å². The maximum absolute atomic E-state index is 13.4. The van der Waals surface area contributed by atoms with Crippen molar-refractivity contribution >= 4 is 57.9 Å². The van der Waals surface area contributed by atoms with Crippen LogP contribution in [0.4, 0.5) is 37.7 Å². The summed E-state index contributed by atoms with van der Waals surface area (Å²) in [6.45, 7) is 4.41. The summed E-state index contributed by atoms with van der Waals surface area (Å²) in [7, 11) is 2.92. The lowest BCUT2D eigenvalue weighted by atomic mass is 9.96. The van der Waals surface area contributed by atoms with Gasteiger partial charge in [0.2, 0.25) is 0 Å². The molecule has 0 atom stereocenters. The van der Waals surface area contributed by atoms with Crippen LogP contribution in [0.15, 0.2) is 187 Å². The molecule has 420 valence electrons. The molecule has 0 radical (unpaired) electrons. The van der Waals surface area contributed by atoms with Gasteiger partial charge in [0, 0.05) is 48.7 Å². The number of rotatable bonds is 12. The van der Waals surface area contributed by atoms with Crippen molar-refractivity contribution in [3.05, 3.63) is 238 Å². The number of nitrogens with one attached hydrogen (secondary N) is 4. The Balaban J connectivity index is 0.000000188. The second-order valence-corrected chi connectivity index (χ2v) is 19.5. The van der Waals surface area contributed by atoms with E-state index in [4.69, 9.17) is 21.7 Å². The van der Waals surface area contributed by atoms with Crippen molar-refractivity contribution in [3.8, 4) is 33.8 Å². The first-order valence-electron chi connectivity index (χ1n) is 25.9. The summed E-state index contributed by atoms with van der Waals surface area (Å²) in [5, 5.41) is 15.5. The van der Waals surface area contributed by atoms with E-state index in [1.54, 1.807) is 36.4 Å². The predicted octanol–water partition coefficient (Wildman–Crippen LogP) is 14.6. The van der Waals surface area contributed by atoms with Crippen LogP contribution < -0.4 is 30.7 Å². The van der Waals surface area contributed by atoms with Crippen LogP contribution in [-0.4, -0.2) is 54.3 Å². The van der Waals surface area contributed by atoms with Crippen molar-refractivity contribution < 1.29 is 45.4 Å². The van der Waals surface area contributed by atoms with Crippen LogP contribution in [-0.2, 0) is 51.4 Å². The molecule has 18 heteroatoms. The Morgan fingerprint density at radius 3 is 1.57 bits per heavy atom. The van der Waals surface area contributed by atoms with Crippen molar-refractivity contribution in [2.45, 2.75) is 51.4 Å². The fourth-order valence-corrected chi connectivity index (χ4v) is 9.67. The summed E-state index contributed by atoms with van der Waals surface area (Å²) in [5.41, 5.74) is 9.15. The van der Waals surface area contributed by atoms with Gasteiger partial charge in [0.1, 0.15) is 11.5 Å². The SMILES string of the molecule is COc1cccc(C(=O)Nc2ccc3c(c2)CCN(C(=S)NCc2ccccc2)C3)c1-c1ccc(C(F)(F)F)cc1.COc1cccc(C(=O)Nc2ccc3c(c2)CCNC3)c1-c1ccc(C(F)(F)F)cc1.S=C=NCc1ccccc1. The molecule has 0 bridgehead atoms. The highest BCUT2D eigenvalue weighted by Gasteiger charge is 2.32. The monoisotopic (exact) mass is 1150 g/mol. The van der Waals surface area contributed by atoms with Gasteiger partial charge in [-0.15, -0.1) is 0 Å². The minimum absolute atomic E-state index is 0.294. The lowest BCUT2D eigenvalue weighted by Crippen LogP contribution is -2.42. The van der Waals surface area contributed by atoms with Crippen LogP contribution in [0.5, 0.6) is 11.5 Å². The molecule has 0 aromatic heterocycles. The number of carbonyl (C=O) groups is 2. The minimum atomic E-state index is -4.45. The molecule has 82 heavy (non-hydrogen) atoms. The Morgan fingerprint density at radius 1 is 0.598 bits per heavy atom. The Morgan fingerprint density at radius 2 is 1.09 bits per heavy atom. The average Bonchev–Trinajstić information content (AvgIpc) is 3.55. The van der Waals surface area contributed by atoms with Crippen LogP contribution in [0.1, 0.15) is 65.2 Å². The number of carbonyl (C=O) groups excluding carboxylic acids is 2. The van der Waals surface area contributed by atoms with Gasteiger partial charge in [-0.3, -0.25) is 9.59 Å². The smallest absolute Gasteiger partial charge is 0.416 e. The first kappa shape index (κ1) is 59.5. The number of hydrogen-bond donors (Lipinski definition) is 4. The third-order valence-corrected chi connectivity index (χ3v) is 14.1. The van der Waals surface area contributed by atoms with E-state index in [1.807, 2.05) is 84.9 Å². The molecule has 2 heterocycles. The number of anilines is 2. The predicted molar refractivity (Wildman–Crippen MR) is 316 cm³/mol. The first-order valence-corrected chi connectivity index (χ1v) is 26.7. The number of methoxy groups -OCH3 is 2. The highest BCUT2D eigenvalue weighted by molar-refractivity contribution is 7.80. The highest BCUT2D eigenvalue weighted by atomic mass is 32.1. The first-order chi connectivity index (χ1) is 39.5. The van der Waals surface area contributed by atoms with Gasteiger partial charge in [-0.25, -0.2) is 4.99 Å². The molecular formula is C64H56F6N6O4S2. The van der Waals surface area contributed by atoms with E-state index >= 15 is 0 Å². The fraction of sp³-hybridized carbons (Fsp3) is 0.188. The van der Waals surface area contributed by atoms with Crippen LogP contribution in [0, 0.1) is 0 Å². The lowest BCUT2D eigenvalue weighted by molar-refractivity contribution is -0.138. The van der Waals surface area contributed by atoms with Gasteiger partial charge in [0.05, 0.1) is 48.2 Å². The van der Waals surface area contributed by atoms with Crippen LogP contribution in [0.2, 0.25) is 0 Å². The van der Waals surface area contributed by atoms with E-state index < -0.39 is 23.5 Å². The van der Waals surface area contributed by atoms with Crippen LogP contribution >= 0.6 is 24.4 Å². The second kappa shape index (κ2) is 27.7. The van der Waals surface area contributed by atoms with Gasteiger partial charge >= 0.3 is 12.4 Å². The summed E-state index contributed by atoms with van der Waals surface area (Å²) in [6, 6.07) is 51.0. The van der Waals surface area contributed by atoms with Gasteiger partial charge < -0.3 is 35.6 Å². The quantitative estimate of drug-likeness (QED) is 0.0539. The summed E-state index contributed by atoms with van der Waals surface area (Å²) in [5.74, 6) is 0.0499.